The van der Waals surface area contributed by atoms with Crippen molar-refractivity contribution in [1.29, 1.82) is 0 Å². The third-order valence-electron chi connectivity index (χ3n) is 0.751. The molecule has 0 atom stereocenters. The predicted molar refractivity (Wildman–Crippen MR) is 42.4 cm³/mol. The highest BCUT2D eigenvalue weighted by Gasteiger charge is 1.84. The maximum atomic E-state index is 8.36. The van der Waals surface area contributed by atoms with Crippen LogP contribution in [0.2, 0.25) is 5.15 Å². The third-order valence-corrected chi connectivity index (χ3v) is 0.957. The molecule has 0 aliphatic rings. The largest absolute Gasteiger partial charge is 0.483 e. The van der Waals surface area contributed by atoms with Crippen molar-refractivity contribution in [3.8, 4) is 0 Å². The number of hydrogen-bond donors (Lipinski definition) is 2. The molecule has 0 aromatic carbocycles. The molecule has 1 aromatic heterocycles. The summed E-state index contributed by atoms with van der Waals surface area (Å²) < 4.78 is 0. The van der Waals surface area contributed by atoms with Gasteiger partial charge in [-0.25, -0.2) is 4.98 Å². The van der Waals surface area contributed by atoms with Crippen LogP contribution in [0.25, 0.3) is 0 Å². The first-order chi connectivity index (χ1) is 5.20. The van der Waals surface area contributed by atoms with Crippen molar-refractivity contribution in [2.24, 2.45) is 0 Å². The average molecular weight is 175 g/mol. The van der Waals surface area contributed by atoms with E-state index in [1.807, 2.05) is 0 Å². The molecule has 0 bridgehead atoms. The number of pyridine rings is 1. The van der Waals surface area contributed by atoms with Gasteiger partial charge in [0.1, 0.15) is 5.15 Å². The summed E-state index contributed by atoms with van der Waals surface area (Å²) in [6, 6.07) is 3.29. The van der Waals surface area contributed by atoms with Gasteiger partial charge in [-0.1, -0.05) is 11.6 Å². The van der Waals surface area contributed by atoms with Crippen LogP contribution in [-0.2, 0) is 4.79 Å². The van der Waals surface area contributed by atoms with Gasteiger partial charge < -0.3 is 10.8 Å². The second-order valence-electron chi connectivity index (χ2n) is 1.52. The van der Waals surface area contributed by atoms with Crippen molar-refractivity contribution in [2.75, 3.05) is 5.73 Å². The number of anilines is 1. The Hall–Kier alpha value is -1.29. The number of aromatic nitrogens is 1. The van der Waals surface area contributed by atoms with Crippen molar-refractivity contribution in [3.63, 3.8) is 0 Å². The summed E-state index contributed by atoms with van der Waals surface area (Å²) >= 11 is 5.45. The zero-order chi connectivity index (χ0) is 8.69. The molecule has 0 unspecified atom stereocenters. The molecule has 1 aromatic rings. The van der Waals surface area contributed by atoms with Gasteiger partial charge >= 0.3 is 0 Å². The Kier molecular flexibility index (Phi) is 4.85. The van der Waals surface area contributed by atoms with Crippen LogP contribution in [0.15, 0.2) is 18.3 Å². The minimum Gasteiger partial charge on any atom is -0.483 e. The zero-order valence-electron chi connectivity index (χ0n) is 5.57. The zero-order valence-corrected chi connectivity index (χ0v) is 6.32. The molecule has 1 heterocycles. The third kappa shape index (κ3) is 5.17. The van der Waals surface area contributed by atoms with Gasteiger partial charge in [-0.15, -0.1) is 0 Å². The summed E-state index contributed by atoms with van der Waals surface area (Å²) in [6.07, 6.45) is 1.57. The second-order valence-corrected chi connectivity index (χ2v) is 1.90. The molecule has 0 spiro atoms. The molecule has 60 valence electrons. The van der Waals surface area contributed by atoms with E-state index in [0.29, 0.717) is 10.8 Å². The summed E-state index contributed by atoms with van der Waals surface area (Å²) in [5, 5.41) is 7.32. The second kappa shape index (κ2) is 5.49. The maximum Gasteiger partial charge on any atom is 0.290 e. The van der Waals surface area contributed by atoms with Gasteiger partial charge in [-0.3, -0.25) is 4.79 Å². The Morgan fingerprint density at radius 2 is 2.27 bits per heavy atom. The number of nitrogens with two attached hydrogens (primary N) is 1. The highest BCUT2D eigenvalue weighted by Crippen LogP contribution is 2.06. The number of carbonyl (C=O) groups is 1. The summed E-state index contributed by atoms with van der Waals surface area (Å²) in [4.78, 5) is 12.1. The normalized spacial score (nSPS) is 7.73. The van der Waals surface area contributed by atoms with Crippen LogP contribution in [0.5, 0.6) is 0 Å². The molecule has 0 saturated carbocycles. The van der Waals surface area contributed by atoms with Gasteiger partial charge in [-0.05, 0) is 12.1 Å². The van der Waals surface area contributed by atoms with Crippen LogP contribution in [-0.4, -0.2) is 16.6 Å². The van der Waals surface area contributed by atoms with E-state index in [4.69, 9.17) is 27.2 Å². The molecule has 11 heavy (non-hydrogen) atoms. The van der Waals surface area contributed by atoms with E-state index < -0.39 is 0 Å². The molecule has 0 aliphatic carbocycles. The van der Waals surface area contributed by atoms with E-state index in [9.17, 15) is 0 Å². The van der Waals surface area contributed by atoms with E-state index >= 15 is 0 Å². The lowest BCUT2D eigenvalue weighted by molar-refractivity contribution is -0.122. The fraction of sp³-hybridized carbons (Fsp3) is 0. The average Bonchev–Trinajstić information content (AvgIpc) is 1.88. The van der Waals surface area contributed by atoms with E-state index in [0.717, 1.165) is 0 Å². The lowest BCUT2D eigenvalue weighted by Gasteiger charge is -1.88. The molecular weight excluding hydrogens is 168 g/mol. The molecule has 0 amide bonds. The summed E-state index contributed by atoms with van der Waals surface area (Å²) in [5.74, 6) is 0. The van der Waals surface area contributed by atoms with Crippen LogP contribution >= 0.6 is 11.6 Å². The molecule has 0 radical (unpaired) electrons. The van der Waals surface area contributed by atoms with Gasteiger partial charge in [0.05, 0.1) is 0 Å². The van der Waals surface area contributed by atoms with Crippen molar-refractivity contribution in [3.05, 3.63) is 23.5 Å². The predicted octanol–water partition coefficient (Wildman–Crippen LogP) is 1.02. The smallest absolute Gasteiger partial charge is 0.290 e. The van der Waals surface area contributed by atoms with Crippen LogP contribution in [0.3, 0.4) is 0 Å². The van der Waals surface area contributed by atoms with Gasteiger partial charge in [0.15, 0.2) is 0 Å². The van der Waals surface area contributed by atoms with Gasteiger partial charge in [0.2, 0.25) is 0 Å². The van der Waals surface area contributed by atoms with E-state index in [1.165, 1.54) is 0 Å². The molecule has 0 fully saturated rings. The number of rotatable bonds is 0. The number of nitrogen functional groups attached to an aromatic ring is 1. The lowest BCUT2D eigenvalue weighted by Crippen LogP contribution is -1.83. The molecule has 0 aliphatic heterocycles. The lowest BCUT2D eigenvalue weighted by atomic mass is 10.4. The van der Waals surface area contributed by atoms with Gasteiger partial charge in [-0.2, -0.15) is 0 Å². The molecule has 0 saturated heterocycles. The molecule has 3 N–H and O–H groups in total. The fourth-order valence-electron chi connectivity index (χ4n) is 0.417. The number of hydrogen-bond acceptors (Lipinski definition) is 3. The fourth-order valence-corrected chi connectivity index (χ4v) is 0.600. The molecule has 1 rings (SSSR count). The SMILES string of the molecule is Nc1ccnc(Cl)c1.O=CO. The topological polar surface area (TPSA) is 76.2 Å². The number of nitrogens with zero attached hydrogens (tertiary/aromatic N) is 1. The van der Waals surface area contributed by atoms with Crippen molar-refractivity contribution < 1.29 is 9.90 Å². The summed E-state index contributed by atoms with van der Waals surface area (Å²) in [6.45, 7) is -0.250. The van der Waals surface area contributed by atoms with Crippen molar-refractivity contribution in [2.45, 2.75) is 0 Å². The van der Waals surface area contributed by atoms with Gasteiger partial charge in [0, 0.05) is 11.9 Å². The van der Waals surface area contributed by atoms with Crippen LogP contribution < -0.4 is 5.73 Å². The van der Waals surface area contributed by atoms with Crippen LogP contribution in [0, 0.1) is 0 Å². The molecule has 5 heteroatoms. The van der Waals surface area contributed by atoms with Crippen LogP contribution in [0.1, 0.15) is 0 Å². The minimum absolute atomic E-state index is 0.250. The van der Waals surface area contributed by atoms with Crippen LogP contribution in [0.4, 0.5) is 5.69 Å². The van der Waals surface area contributed by atoms with E-state index in [1.54, 1.807) is 18.3 Å². The van der Waals surface area contributed by atoms with Crippen molar-refractivity contribution in [1.82, 2.24) is 4.98 Å². The standard InChI is InChI=1S/C5H5ClN2.CH2O2/c6-5-3-4(7)1-2-8-5;2-1-3/h1-3H,(H2,7,8);1H,(H,2,3). The monoisotopic (exact) mass is 174 g/mol. The van der Waals surface area contributed by atoms with E-state index in [-0.39, 0.29) is 6.47 Å². The quantitative estimate of drug-likeness (QED) is 0.455. The Bertz CT molecular complexity index is 212. The van der Waals surface area contributed by atoms with Gasteiger partial charge in [0.25, 0.3) is 6.47 Å². The van der Waals surface area contributed by atoms with Crippen molar-refractivity contribution >= 4 is 23.8 Å². The first-order valence-corrected chi connectivity index (χ1v) is 3.03. The first kappa shape index (κ1) is 9.71. The number of carboxylic acid groups (broad SMARTS) is 1. The Balaban J connectivity index is 0.000000292. The minimum atomic E-state index is -0.250. The van der Waals surface area contributed by atoms with E-state index in [2.05, 4.69) is 4.98 Å². The highest BCUT2D eigenvalue weighted by atomic mass is 35.5. The highest BCUT2D eigenvalue weighted by molar-refractivity contribution is 6.29. The molecular formula is C6H7ClN2O2. The maximum absolute atomic E-state index is 8.36. The number of halogens is 1. The Morgan fingerprint density at radius 1 is 1.73 bits per heavy atom. The molecule has 4 nitrogen and oxygen atoms in total. The Labute approximate surface area is 68.6 Å². The summed E-state index contributed by atoms with van der Waals surface area (Å²) in [7, 11) is 0. The summed E-state index contributed by atoms with van der Waals surface area (Å²) in [5.41, 5.74) is 5.98. The Morgan fingerprint density at radius 3 is 2.55 bits per heavy atom. The first-order valence-electron chi connectivity index (χ1n) is 2.65.